The molecule has 12 heterocycles. The molecule has 0 fully saturated rings. The Balaban J connectivity index is 1.09. The lowest BCUT2D eigenvalue weighted by molar-refractivity contribution is 0.474. The second-order valence-electron chi connectivity index (χ2n) is 16.9. The quantitative estimate of drug-likeness (QED) is 0.0631. The standard InChI is InChI=1S/C48H26B4F8N12O4S4/c53-49(54)69-37(29-11-5-21-77-29)33-35(47(69)67-43-25(75)9-3-19-63-43)39(71(51(57)58)45(33)65-41-23(73)7-1-17-61-41)31-15-13-27(79-31)28-14-16-32(80-28)40-36-34(46(72(40)52(59)60)66-42-24(74)8-2-18-62-42)38(30-12-6-22-78-30)70(50(55)56)48(36)68-44-26(76)10-4-20-64-44/h1-22,73-76H/b65-45-,66-46-,67-47-,68-48-. The maximum atomic E-state index is 16.2. The lowest BCUT2D eigenvalue weighted by Crippen LogP contribution is -2.38. The molecule has 0 saturated heterocycles. The topological polar surface area (TPSA) is 195 Å². The van der Waals surface area contributed by atoms with E-state index in [1.54, 1.807) is 22.9 Å². The molecule has 0 aliphatic carbocycles. The molecule has 0 saturated carbocycles. The van der Waals surface area contributed by atoms with Crippen molar-refractivity contribution in [2.24, 2.45) is 20.0 Å². The number of rotatable bonds is 13. The van der Waals surface area contributed by atoms with E-state index in [4.69, 9.17) is 0 Å². The number of aromatic nitrogens is 4. The Morgan fingerprint density at radius 3 is 0.838 bits per heavy atom. The molecule has 8 aromatic rings. The van der Waals surface area contributed by atoms with Crippen LogP contribution in [-0.4, -0.2) is 113 Å². The van der Waals surface area contributed by atoms with Crippen LogP contribution in [0.3, 0.4) is 0 Å². The van der Waals surface area contributed by atoms with E-state index in [0.29, 0.717) is 29.0 Å². The first-order valence-corrected chi connectivity index (χ1v) is 26.6. The summed E-state index contributed by atoms with van der Waals surface area (Å²) in [5, 5.41) is 46.6. The van der Waals surface area contributed by atoms with Crippen molar-refractivity contribution in [2.75, 3.05) is 0 Å². The van der Waals surface area contributed by atoms with E-state index < -0.39 is 99.2 Å². The zero-order valence-electron chi connectivity index (χ0n) is 39.8. The third kappa shape index (κ3) is 8.79. The molecule has 32 heteroatoms. The summed E-state index contributed by atoms with van der Waals surface area (Å²) in [5.41, 5.74) is -2.46. The molecule has 4 N–H and O–H groups in total. The summed E-state index contributed by atoms with van der Waals surface area (Å²) in [6.45, 7) is 0. The molecule has 12 rings (SSSR count). The molecule has 4 aliphatic heterocycles. The summed E-state index contributed by atoms with van der Waals surface area (Å²) in [6.07, 6.45) is 4.96. The lowest BCUT2D eigenvalue weighted by Gasteiger charge is -2.25. The van der Waals surface area contributed by atoms with E-state index in [0.717, 1.165) is 45.3 Å². The molecule has 4 aliphatic rings. The molecule has 80 heavy (non-hydrogen) atoms. The largest absolute Gasteiger partial charge is 0.679 e. The van der Waals surface area contributed by atoms with E-state index in [-0.39, 0.29) is 64.6 Å². The van der Waals surface area contributed by atoms with Gasteiger partial charge in [0.25, 0.3) is 0 Å². The van der Waals surface area contributed by atoms with Gasteiger partial charge in [-0.25, -0.2) is 39.9 Å². The van der Waals surface area contributed by atoms with E-state index >= 15 is 34.5 Å². The summed E-state index contributed by atoms with van der Waals surface area (Å²) in [7, 11) is -13.7. The second-order valence-corrected chi connectivity index (χ2v) is 21.0. The Morgan fingerprint density at radius 2 is 0.600 bits per heavy atom. The monoisotopic (exact) mass is 1160 g/mol. The van der Waals surface area contributed by atoms with E-state index in [1.165, 1.54) is 110 Å². The highest BCUT2D eigenvalue weighted by molar-refractivity contribution is 7.23. The Morgan fingerprint density at radius 1 is 0.338 bits per heavy atom. The Bertz CT molecular complexity index is 3810. The molecule has 16 nitrogen and oxygen atoms in total. The van der Waals surface area contributed by atoms with Gasteiger partial charge in [0, 0.05) is 34.5 Å². The molecule has 0 bridgehead atoms. The van der Waals surface area contributed by atoms with Gasteiger partial charge in [-0.05, 0) is 95.7 Å². The zero-order chi connectivity index (χ0) is 55.7. The summed E-state index contributed by atoms with van der Waals surface area (Å²) in [6, 6.07) is 22.2. The molecule has 0 unspecified atom stereocenters. The first-order valence-electron chi connectivity index (χ1n) is 23.2. The fraction of sp³-hybridized carbons (Fsp3) is 0. The van der Waals surface area contributed by atoms with Crippen LogP contribution < -0.4 is 0 Å². The SMILES string of the molecule is Oc1cccnc1/N=C1/C2=C(c3ccc(-c4ccc(C5=C6C(=C(c7cccs7)N(B(F)F)/C6=N\c6ncccc6O)/C(=N/c6ncccc6O)N5B(F)F)s4)s3)N(B(F)F)/C(=N\c3ncccc3O)C2=C(c2cccs2)N1B(F)F. The minimum atomic E-state index is -3.46. The van der Waals surface area contributed by atoms with Crippen LogP contribution in [0.1, 0.15) is 19.5 Å². The summed E-state index contributed by atoms with van der Waals surface area (Å²) in [5.74, 6) is -6.27. The number of fused-ring (bicyclic) bond motifs is 2. The highest BCUT2D eigenvalue weighted by Crippen LogP contribution is 2.55. The van der Waals surface area contributed by atoms with Crippen molar-refractivity contribution in [3.05, 3.63) is 174 Å². The summed E-state index contributed by atoms with van der Waals surface area (Å²) < 4.78 is 128. The molecule has 8 aromatic heterocycles. The lowest BCUT2D eigenvalue weighted by atomic mass is 10.1. The van der Waals surface area contributed by atoms with Gasteiger partial charge in [0.05, 0.1) is 64.6 Å². The van der Waals surface area contributed by atoms with Crippen molar-refractivity contribution in [3.8, 4) is 32.8 Å². The molecule has 0 amide bonds. The fourth-order valence-electron chi connectivity index (χ4n) is 9.22. The molecular weight excluding hydrogens is 1130 g/mol. The number of nitrogens with zero attached hydrogens (tertiary/aromatic N) is 12. The van der Waals surface area contributed by atoms with Gasteiger partial charge in [-0.3, -0.25) is 34.5 Å². The van der Waals surface area contributed by atoms with Crippen molar-refractivity contribution in [3.63, 3.8) is 0 Å². The number of hydrogen-bond acceptors (Lipinski definition) is 16. The van der Waals surface area contributed by atoms with Gasteiger partial charge in [-0.15, -0.1) is 45.3 Å². The molecule has 0 atom stereocenters. The minimum Gasteiger partial charge on any atom is -0.504 e. The summed E-state index contributed by atoms with van der Waals surface area (Å²) in [4.78, 5) is 36.9. The average Bonchev–Trinajstić information content (AvgIpc) is 4.41. The molecule has 0 radical (unpaired) electrons. The third-order valence-electron chi connectivity index (χ3n) is 12.3. The molecule has 0 spiro atoms. The zero-order valence-corrected chi connectivity index (χ0v) is 43.1. The molecule has 394 valence electrons. The second kappa shape index (κ2) is 20.7. The number of amidine groups is 4. The normalized spacial score (nSPS) is 17.2. The van der Waals surface area contributed by atoms with Crippen LogP contribution >= 0.6 is 45.3 Å². The van der Waals surface area contributed by atoms with Crippen LogP contribution in [0.5, 0.6) is 23.0 Å². The highest BCUT2D eigenvalue weighted by Gasteiger charge is 2.56. The van der Waals surface area contributed by atoms with Crippen LogP contribution in [-0.2, 0) is 0 Å². The summed E-state index contributed by atoms with van der Waals surface area (Å²) >= 11 is 3.77. The van der Waals surface area contributed by atoms with Crippen molar-refractivity contribution in [2.45, 2.75) is 0 Å². The first kappa shape index (κ1) is 51.9. The highest BCUT2D eigenvalue weighted by atomic mass is 32.1. The first-order chi connectivity index (χ1) is 38.7. The van der Waals surface area contributed by atoms with E-state index in [2.05, 4.69) is 39.9 Å². The smallest absolute Gasteiger partial charge is 0.504 e. The van der Waals surface area contributed by atoms with Crippen molar-refractivity contribution < 1.29 is 55.0 Å². The van der Waals surface area contributed by atoms with E-state index in [1.807, 2.05) is 0 Å². The number of aliphatic imine (C=N–C) groups is 4. The fourth-order valence-corrected chi connectivity index (χ4v) is 13.0. The Kier molecular flexibility index (Phi) is 13.4. The van der Waals surface area contributed by atoms with Crippen molar-refractivity contribution >= 4 is 144 Å². The van der Waals surface area contributed by atoms with Crippen LogP contribution in [0, 0.1) is 0 Å². The van der Waals surface area contributed by atoms with Gasteiger partial charge in [0.1, 0.15) is 23.3 Å². The molecular formula is C48H26B4F8N12O4S4. The van der Waals surface area contributed by atoms with Crippen LogP contribution in [0.15, 0.2) is 175 Å². The van der Waals surface area contributed by atoms with Crippen molar-refractivity contribution in [1.82, 2.24) is 39.2 Å². The molecule has 0 aromatic carbocycles. The number of pyridine rings is 4. The van der Waals surface area contributed by atoms with Crippen LogP contribution in [0.25, 0.3) is 32.5 Å². The predicted molar refractivity (Wildman–Crippen MR) is 295 cm³/mol. The van der Waals surface area contributed by atoms with Gasteiger partial charge in [0.15, 0.2) is 46.3 Å². The van der Waals surface area contributed by atoms with Gasteiger partial charge in [-0.2, -0.15) is 0 Å². The van der Waals surface area contributed by atoms with Gasteiger partial charge in [-0.1, -0.05) is 12.1 Å². The van der Waals surface area contributed by atoms with E-state index in [9.17, 15) is 20.4 Å². The number of thiophene rings is 4. The van der Waals surface area contributed by atoms with Crippen molar-refractivity contribution in [1.29, 1.82) is 0 Å². The Labute approximate surface area is 463 Å². The number of aromatic hydroxyl groups is 4. The van der Waals surface area contributed by atoms with Gasteiger partial charge >= 0.3 is 29.6 Å². The van der Waals surface area contributed by atoms with Crippen LogP contribution in [0.4, 0.5) is 57.8 Å². The van der Waals surface area contributed by atoms with Gasteiger partial charge < -0.3 is 39.7 Å². The third-order valence-corrected chi connectivity index (χ3v) is 16.5. The van der Waals surface area contributed by atoms with Gasteiger partial charge in [0.2, 0.25) is 0 Å². The maximum Gasteiger partial charge on any atom is 0.679 e. The maximum absolute atomic E-state index is 16.2. The number of hydrogen-bond donors (Lipinski definition) is 4. The van der Waals surface area contributed by atoms with Crippen LogP contribution in [0.2, 0.25) is 0 Å². The Hall–Kier alpha value is -8.86. The number of halogens is 8. The average molecular weight is 1160 g/mol. The predicted octanol–water partition coefficient (Wildman–Crippen LogP) is 12.1. The minimum absolute atomic E-state index is 0.0123.